The zero-order chi connectivity index (χ0) is 20.0. The van der Waals surface area contributed by atoms with E-state index in [1.807, 2.05) is 0 Å². The first-order valence-electron chi connectivity index (χ1n) is 8.91. The van der Waals surface area contributed by atoms with Crippen molar-refractivity contribution in [3.8, 4) is 0 Å². The average molecular weight is 394 g/mol. The van der Waals surface area contributed by atoms with Crippen LogP contribution in [-0.4, -0.2) is 55.2 Å². The van der Waals surface area contributed by atoms with Crippen LogP contribution in [0.15, 0.2) is 42.6 Å². The van der Waals surface area contributed by atoms with Crippen LogP contribution in [0.3, 0.4) is 0 Å². The topological polar surface area (TPSA) is 66.5 Å². The van der Waals surface area contributed by atoms with Gasteiger partial charge in [-0.2, -0.15) is 13.2 Å². The number of pyridine rings is 1. The number of anilines is 2. The van der Waals surface area contributed by atoms with E-state index in [1.165, 1.54) is 36.5 Å². The highest BCUT2D eigenvalue weighted by atomic mass is 19.4. The van der Waals surface area contributed by atoms with E-state index in [0.717, 1.165) is 25.7 Å². The molecule has 0 radical (unpaired) electrons. The van der Waals surface area contributed by atoms with Gasteiger partial charge in [0, 0.05) is 32.4 Å². The second kappa shape index (κ2) is 9.03. The SMILES string of the molecule is O=C(NCCN1CCOCC1)c1ccc(Nc2ccccc2C(F)(F)F)nc1. The number of morpholine rings is 1. The first-order chi connectivity index (χ1) is 13.4. The predicted molar refractivity (Wildman–Crippen MR) is 98.6 cm³/mol. The van der Waals surface area contributed by atoms with Crippen molar-refractivity contribution in [2.24, 2.45) is 0 Å². The standard InChI is InChI=1S/C19H21F3N4O2/c20-19(21,22)15-3-1-2-4-16(15)25-17-6-5-14(13-24-17)18(27)23-7-8-26-9-11-28-12-10-26/h1-6,13H,7-12H2,(H,23,27)(H,24,25). The molecule has 0 saturated carbocycles. The van der Waals surface area contributed by atoms with Crippen molar-refractivity contribution < 1.29 is 22.7 Å². The van der Waals surface area contributed by atoms with Crippen LogP contribution in [0.4, 0.5) is 24.7 Å². The molecule has 150 valence electrons. The van der Waals surface area contributed by atoms with Gasteiger partial charge in [0.2, 0.25) is 0 Å². The Hall–Kier alpha value is -2.65. The third-order valence-corrected chi connectivity index (χ3v) is 4.34. The Balaban J connectivity index is 1.55. The summed E-state index contributed by atoms with van der Waals surface area (Å²) in [5, 5.41) is 5.46. The second-order valence-electron chi connectivity index (χ2n) is 6.31. The van der Waals surface area contributed by atoms with Gasteiger partial charge < -0.3 is 15.4 Å². The Kier molecular flexibility index (Phi) is 6.48. The van der Waals surface area contributed by atoms with Gasteiger partial charge in [-0.25, -0.2) is 4.98 Å². The predicted octanol–water partition coefficient (Wildman–Crippen LogP) is 2.91. The normalized spacial score (nSPS) is 15.2. The van der Waals surface area contributed by atoms with Crippen LogP contribution in [0.1, 0.15) is 15.9 Å². The number of carbonyl (C=O) groups excluding carboxylic acids is 1. The molecule has 2 heterocycles. The van der Waals surface area contributed by atoms with Crippen LogP contribution in [0.2, 0.25) is 0 Å². The molecule has 1 aliphatic rings. The maximum Gasteiger partial charge on any atom is 0.418 e. The number of benzene rings is 1. The summed E-state index contributed by atoms with van der Waals surface area (Å²) in [7, 11) is 0. The summed E-state index contributed by atoms with van der Waals surface area (Å²) in [4.78, 5) is 18.4. The quantitative estimate of drug-likeness (QED) is 0.789. The number of rotatable bonds is 6. The van der Waals surface area contributed by atoms with Gasteiger partial charge in [0.25, 0.3) is 5.91 Å². The molecule has 6 nitrogen and oxygen atoms in total. The number of nitrogens with one attached hydrogen (secondary N) is 2. The summed E-state index contributed by atoms with van der Waals surface area (Å²) in [5.41, 5.74) is -0.524. The molecule has 1 aliphatic heterocycles. The van der Waals surface area contributed by atoms with Gasteiger partial charge >= 0.3 is 6.18 Å². The molecule has 0 aliphatic carbocycles. The fourth-order valence-corrected chi connectivity index (χ4v) is 2.83. The molecule has 3 rings (SSSR count). The van der Waals surface area contributed by atoms with Gasteiger partial charge in [0.15, 0.2) is 0 Å². The fraction of sp³-hybridized carbons (Fsp3) is 0.368. The van der Waals surface area contributed by atoms with Gasteiger partial charge in [0.05, 0.1) is 30.0 Å². The highest BCUT2D eigenvalue weighted by molar-refractivity contribution is 5.94. The van der Waals surface area contributed by atoms with Gasteiger partial charge in [0.1, 0.15) is 5.82 Å². The molecule has 0 spiro atoms. The third kappa shape index (κ3) is 5.43. The summed E-state index contributed by atoms with van der Waals surface area (Å²) < 4.78 is 44.4. The number of amides is 1. The van der Waals surface area contributed by atoms with Crippen molar-refractivity contribution in [1.29, 1.82) is 0 Å². The zero-order valence-electron chi connectivity index (χ0n) is 15.1. The van der Waals surface area contributed by atoms with Crippen molar-refractivity contribution in [2.75, 3.05) is 44.7 Å². The summed E-state index contributed by atoms with van der Waals surface area (Å²) in [6.07, 6.45) is -3.13. The lowest BCUT2D eigenvalue weighted by atomic mass is 10.1. The Morgan fingerprint density at radius 1 is 1.14 bits per heavy atom. The van der Waals surface area contributed by atoms with Gasteiger partial charge in [-0.1, -0.05) is 12.1 Å². The molecule has 0 atom stereocenters. The minimum Gasteiger partial charge on any atom is -0.379 e. The highest BCUT2D eigenvalue weighted by Crippen LogP contribution is 2.35. The molecule has 1 saturated heterocycles. The van der Waals surface area contributed by atoms with E-state index in [0.29, 0.717) is 25.3 Å². The van der Waals surface area contributed by atoms with E-state index in [4.69, 9.17) is 4.74 Å². The van der Waals surface area contributed by atoms with Crippen LogP contribution < -0.4 is 10.6 Å². The van der Waals surface area contributed by atoms with Crippen LogP contribution in [0.5, 0.6) is 0 Å². The molecule has 1 aromatic carbocycles. The van der Waals surface area contributed by atoms with Crippen LogP contribution in [0, 0.1) is 0 Å². The van der Waals surface area contributed by atoms with Crippen LogP contribution in [0.25, 0.3) is 0 Å². The van der Waals surface area contributed by atoms with E-state index in [-0.39, 0.29) is 17.4 Å². The number of ether oxygens (including phenoxy) is 1. The minimum absolute atomic E-state index is 0.0924. The maximum atomic E-state index is 13.1. The van der Waals surface area contributed by atoms with E-state index in [9.17, 15) is 18.0 Å². The Labute approximate surface area is 160 Å². The van der Waals surface area contributed by atoms with Crippen LogP contribution in [-0.2, 0) is 10.9 Å². The smallest absolute Gasteiger partial charge is 0.379 e. The number of hydrogen-bond acceptors (Lipinski definition) is 5. The Bertz CT molecular complexity index is 791. The molecule has 1 fully saturated rings. The molecule has 1 amide bonds. The largest absolute Gasteiger partial charge is 0.418 e. The number of aromatic nitrogens is 1. The average Bonchev–Trinajstić information content (AvgIpc) is 2.69. The first-order valence-corrected chi connectivity index (χ1v) is 8.91. The molecule has 1 aromatic heterocycles. The Morgan fingerprint density at radius 3 is 2.57 bits per heavy atom. The lowest BCUT2D eigenvalue weighted by Crippen LogP contribution is -2.41. The lowest BCUT2D eigenvalue weighted by molar-refractivity contribution is -0.136. The lowest BCUT2D eigenvalue weighted by Gasteiger charge is -2.26. The van der Waals surface area contributed by atoms with Crippen molar-refractivity contribution in [1.82, 2.24) is 15.2 Å². The van der Waals surface area contributed by atoms with Gasteiger partial charge in [-0.05, 0) is 24.3 Å². The summed E-state index contributed by atoms with van der Waals surface area (Å²) in [6, 6.07) is 8.16. The van der Waals surface area contributed by atoms with Gasteiger partial charge in [-0.15, -0.1) is 0 Å². The molecular weight excluding hydrogens is 373 g/mol. The van der Waals surface area contributed by atoms with E-state index in [1.54, 1.807) is 0 Å². The molecular formula is C19H21F3N4O2. The van der Waals surface area contributed by atoms with E-state index in [2.05, 4.69) is 20.5 Å². The number of hydrogen-bond donors (Lipinski definition) is 2. The number of carbonyl (C=O) groups is 1. The van der Waals surface area contributed by atoms with Gasteiger partial charge in [-0.3, -0.25) is 9.69 Å². The number of alkyl halides is 3. The fourth-order valence-electron chi connectivity index (χ4n) is 2.83. The molecule has 2 aromatic rings. The maximum absolute atomic E-state index is 13.1. The molecule has 28 heavy (non-hydrogen) atoms. The van der Waals surface area contributed by atoms with Crippen LogP contribution >= 0.6 is 0 Å². The highest BCUT2D eigenvalue weighted by Gasteiger charge is 2.33. The number of halogens is 3. The van der Waals surface area contributed by atoms with E-state index >= 15 is 0 Å². The summed E-state index contributed by atoms with van der Waals surface area (Å²) in [6.45, 7) is 4.32. The molecule has 2 N–H and O–H groups in total. The third-order valence-electron chi connectivity index (χ3n) is 4.34. The monoisotopic (exact) mass is 394 g/mol. The number of para-hydroxylation sites is 1. The summed E-state index contributed by atoms with van der Waals surface area (Å²) >= 11 is 0. The molecule has 0 unspecified atom stereocenters. The first kappa shape index (κ1) is 20.1. The van der Waals surface area contributed by atoms with E-state index < -0.39 is 11.7 Å². The van der Waals surface area contributed by atoms with Crippen molar-refractivity contribution in [3.63, 3.8) is 0 Å². The van der Waals surface area contributed by atoms with Crippen molar-refractivity contribution in [3.05, 3.63) is 53.7 Å². The Morgan fingerprint density at radius 2 is 1.89 bits per heavy atom. The molecule has 9 heteroatoms. The van der Waals surface area contributed by atoms with Crippen molar-refractivity contribution >= 4 is 17.4 Å². The zero-order valence-corrected chi connectivity index (χ0v) is 15.1. The van der Waals surface area contributed by atoms with Crippen molar-refractivity contribution in [2.45, 2.75) is 6.18 Å². The molecule has 0 bridgehead atoms. The minimum atomic E-state index is -4.47. The number of nitrogens with zero attached hydrogens (tertiary/aromatic N) is 2. The summed E-state index contributed by atoms with van der Waals surface area (Å²) in [5.74, 6) is -0.0513. The second-order valence-corrected chi connectivity index (χ2v) is 6.31.